The molecule has 1 aliphatic rings. The molecule has 0 unspecified atom stereocenters. The minimum atomic E-state index is 0.117. The lowest BCUT2D eigenvalue weighted by atomic mass is 10.1. The number of aliphatic hydroxyl groups is 1. The topological polar surface area (TPSA) is 53.3 Å². The molecule has 0 atom stereocenters. The molecule has 136 valence electrons. The first-order chi connectivity index (χ1) is 12.1. The van der Waals surface area contributed by atoms with Gasteiger partial charge in [0.1, 0.15) is 0 Å². The molecule has 0 bridgehead atoms. The molecule has 0 saturated heterocycles. The number of aryl methyl sites for hydroxylation is 1. The molecule has 25 heavy (non-hydrogen) atoms. The van der Waals surface area contributed by atoms with Crippen LogP contribution in [-0.4, -0.2) is 46.0 Å². The van der Waals surface area contributed by atoms with Crippen LogP contribution in [0, 0.1) is 13.8 Å². The van der Waals surface area contributed by atoms with E-state index < -0.39 is 0 Å². The normalized spacial score (nSPS) is 14.3. The predicted octanol–water partition coefficient (Wildman–Crippen LogP) is 2.74. The SMILES string of the molecule is Cc1nn(CCO)c(C)c1CNc1cccc(CCN(C)C2CC2)c1. The number of nitrogens with zero attached hydrogens (tertiary/aromatic N) is 3. The quantitative estimate of drug-likeness (QED) is 0.736. The first-order valence-electron chi connectivity index (χ1n) is 9.25. The van der Waals surface area contributed by atoms with E-state index in [0.717, 1.165) is 42.6 Å². The molecule has 5 nitrogen and oxygen atoms in total. The Labute approximate surface area is 150 Å². The Bertz CT molecular complexity index is 706. The van der Waals surface area contributed by atoms with Crippen molar-refractivity contribution in [3.63, 3.8) is 0 Å². The average molecular weight is 342 g/mol. The van der Waals surface area contributed by atoms with E-state index in [1.54, 1.807) is 0 Å². The number of rotatable bonds is 9. The molecule has 0 amide bonds. The highest BCUT2D eigenvalue weighted by Crippen LogP contribution is 2.25. The first kappa shape index (κ1) is 18.0. The zero-order valence-electron chi connectivity index (χ0n) is 15.6. The van der Waals surface area contributed by atoms with Crippen LogP contribution in [0.3, 0.4) is 0 Å². The maximum Gasteiger partial charge on any atom is 0.0646 e. The number of nitrogens with one attached hydrogen (secondary N) is 1. The summed E-state index contributed by atoms with van der Waals surface area (Å²) < 4.78 is 1.89. The molecule has 0 radical (unpaired) electrons. The third-order valence-corrected chi connectivity index (χ3v) is 5.16. The third kappa shape index (κ3) is 4.61. The van der Waals surface area contributed by atoms with E-state index in [1.165, 1.54) is 24.0 Å². The van der Waals surface area contributed by atoms with Crippen molar-refractivity contribution in [1.82, 2.24) is 14.7 Å². The number of hydrogen-bond acceptors (Lipinski definition) is 4. The van der Waals surface area contributed by atoms with Gasteiger partial charge in [-0.1, -0.05) is 12.1 Å². The fourth-order valence-electron chi connectivity index (χ4n) is 3.33. The van der Waals surface area contributed by atoms with E-state index in [2.05, 4.69) is 53.6 Å². The molecule has 1 aromatic heterocycles. The minimum absolute atomic E-state index is 0.117. The Balaban J connectivity index is 1.58. The molecule has 5 heteroatoms. The summed E-state index contributed by atoms with van der Waals surface area (Å²) in [5, 5.41) is 17.2. The van der Waals surface area contributed by atoms with Gasteiger partial charge in [0.15, 0.2) is 0 Å². The van der Waals surface area contributed by atoms with Gasteiger partial charge in [-0.2, -0.15) is 5.10 Å². The summed E-state index contributed by atoms with van der Waals surface area (Å²) in [5.74, 6) is 0. The van der Waals surface area contributed by atoms with Crippen LogP contribution in [0.2, 0.25) is 0 Å². The van der Waals surface area contributed by atoms with Crippen molar-refractivity contribution >= 4 is 5.69 Å². The molecule has 1 aromatic carbocycles. The van der Waals surface area contributed by atoms with Crippen LogP contribution < -0.4 is 5.32 Å². The van der Waals surface area contributed by atoms with Crippen LogP contribution >= 0.6 is 0 Å². The molecule has 0 spiro atoms. The van der Waals surface area contributed by atoms with Crippen molar-refractivity contribution in [1.29, 1.82) is 0 Å². The summed E-state index contributed by atoms with van der Waals surface area (Å²) in [7, 11) is 2.23. The van der Waals surface area contributed by atoms with E-state index in [1.807, 2.05) is 11.6 Å². The lowest BCUT2D eigenvalue weighted by molar-refractivity contribution is 0.268. The van der Waals surface area contributed by atoms with Gasteiger partial charge in [-0.05, 0) is 57.9 Å². The summed E-state index contributed by atoms with van der Waals surface area (Å²) >= 11 is 0. The highest BCUT2D eigenvalue weighted by Gasteiger charge is 2.25. The van der Waals surface area contributed by atoms with Crippen LogP contribution in [0.4, 0.5) is 5.69 Å². The summed E-state index contributed by atoms with van der Waals surface area (Å²) in [6.45, 7) is 6.65. The highest BCUT2D eigenvalue weighted by molar-refractivity contribution is 5.47. The van der Waals surface area contributed by atoms with Crippen molar-refractivity contribution in [3.05, 3.63) is 46.8 Å². The standard InChI is InChI=1S/C20H30N4O/c1-15-20(16(2)24(22-15)11-12-25)14-21-18-6-4-5-17(13-18)9-10-23(3)19-7-8-19/h4-6,13,19,21,25H,7-12,14H2,1-3H3. The first-order valence-corrected chi connectivity index (χ1v) is 9.25. The highest BCUT2D eigenvalue weighted by atomic mass is 16.3. The summed E-state index contributed by atoms with van der Waals surface area (Å²) in [4.78, 5) is 2.47. The van der Waals surface area contributed by atoms with Crippen LogP contribution in [0.15, 0.2) is 24.3 Å². The van der Waals surface area contributed by atoms with Crippen LogP contribution in [-0.2, 0) is 19.5 Å². The monoisotopic (exact) mass is 342 g/mol. The second-order valence-electron chi connectivity index (χ2n) is 7.11. The second kappa shape index (κ2) is 8.02. The largest absolute Gasteiger partial charge is 0.394 e. The number of likely N-dealkylation sites (N-methyl/N-ethyl adjacent to an activating group) is 1. The van der Waals surface area contributed by atoms with E-state index >= 15 is 0 Å². The summed E-state index contributed by atoms with van der Waals surface area (Å²) in [6.07, 6.45) is 3.82. The van der Waals surface area contributed by atoms with Gasteiger partial charge in [0.25, 0.3) is 0 Å². The Morgan fingerprint density at radius 3 is 2.84 bits per heavy atom. The number of hydrogen-bond donors (Lipinski definition) is 2. The molecule has 2 N–H and O–H groups in total. The zero-order valence-corrected chi connectivity index (χ0v) is 15.6. The average Bonchev–Trinajstić information content (AvgIpc) is 3.41. The molecule has 1 heterocycles. The van der Waals surface area contributed by atoms with Gasteiger partial charge in [-0.25, -0.2) is 0 Å². The van der Waals surface area contributed by atoms with E-state index in [9.17, 15) is 0 Å². The summed E-state index contributed by atoms with van der Waals surface area (Å²) in [5.41, 5.74) is 5.90. The van der Waals surface area contributed by atoms with Crippen LogP contribution in [0.25, 0.3) is 0 Å². The van der Waals surface area contributed by atoms with Crippen molar-refractivity contribution in [2.24, 2.45) is 0 Å². The van der Waals surface area contributed by atoms with Gasteiger partial charge in [0.2, 0.25) is 0 Å². The van der Waals surface area contributed by atoms with Gasteiger partial charge < -0.3 is 15.3 Å². The Kier molecular flexibility index (Phi) is 5.76. The number of benzene rings is 1. The van der Waals surface area contributed by atoms with Gasteiger partial charge in [0, 0.05) is 36.1 Å². The lowest BCUT2D eigenvalue weighted by Gasteiger charge is -2.16. The summed E-state index contributed by atoms with van der Waals surface area (Å²) in [6, 6.07) is 9.54. The lowest BCUT2D eigenvalue weighted by Crippen LogP contribution is -2.23. The number of aliphatic hydroxyl groups excluding tert-OH is 1. The predicted molar refractivity (Wildman–Crippen MR) is 102 cm³/mol. The number of anilines is 1. The van der Waals surface area contributed by atoms with Crippen molar-refractivity contribution < 1.29 is 5.11 Å². The molecular formula is C20H30N4O. The van der Waals surface area contributed by atoms with E-state index in [-0.39, 0.29) is 6.61 Å². The molecule has 1 aliphatic carbocycles. The van der Waals surface area contributed by atoms with Gasteiger partial charge in [-0.15, -0.1) is 0 Å². The number of aromatic nitrogens is 2. The van der Waals surface area contributed by atoms with E-state index in [0.29, 0.717) is 6.54 Å². The van der Waals surface area contributed by atoms with Crippen molar-refractivity contribution in [3.8, 4) is 0 Å². The second-order valence-corrected chi connectivity index (χ2v) is 7.11. The Hall–Kier alpha value is -1.85. The maximum atomic E-state index is 9.13. The Morgan fingerprint density at radius 1 is 1.32 bits per heavy atom. The zero-order chi connectivity index (χ0) is 17.8. The smallest absolute Gasteiger partial charge is 0.0646 e. The fraction of sp³-hybridized carbons (Fsp3) is 0.550. The van der Waals surface area contributed by atoms with Crippen molar-refractivity contribution in [2.45, 2.75) is 52.2 Å². The van der Waals surface area contributed by atoms with Crippen LogP contribution in [0.1, 0.15) is 35.4 Å². The van der Waals surface area contributed by atoms with E-state index in [4.69, 9.17) is 5.11 Å². The molecule has 0 aliphatic heterocycles. The molecule has 1 fully saturated rings. The molecule has 2 aromatic rings. The van der Waals surface area contributed by atoms with Gasteiger partial charge in [0.05, 0.1) is 18.8 Å². The molecule has 3 rings (SSSR count). The molecule has 1 saturated carbocycles. The van der Waals surface area contributed by atoms with Gasteiger partial charge >= 0.3 is 0 Å². The van der Waals surface area contributed by atoms with Crippen LogP contribution in [0.5, 0.6) is 0 Å². The Morgan fingerprint density at radius 2 is 2.12 bits per heavy atom. The molecular weight excluding hydrogens is 312 g/mol. The fourth-order valence-corrected chi connectivity index (χ4v) is 3.33. The maximum absolute atomic E-state index is 9.13. The third-order valence-electron chi connectivity index (χ3n) is 5.16. The van der Waals surface area contributed by atoms with Gasteiger partial charge in [-0.3, -0.25) is 4.68 Å². The van der Waals surface area contributed by atoms with Crippen molar-refractivity contribution in [2.75, 3.05) is 25.5 Å². The minimum Gasteiger partial charge on any atom is -0.394 e.